The van der Waals surface area contributed by atoms with Crippen LogP contribution in [0.4, 0.5) is 0 Å². The molecule has 3 N–H and O–H groups in total. The standard InChI is InChI=1S/C13H16O6/c1-6-8(18-3)4-7(15)10-11(6)13(2,17)9(5-14)19-12(10)16/h4,9,14-15,17H,5H2,1-3H3/t9-,13+/m1/s1. The van der Waals surface area contributed by atoms with Crippen molar-refractivity contribution in [1.29, 1.82) is 0 Å². The molecule has 0 radical (unpaired) electrons. The van der Waals surface area contributed by atoms with Gasteiger partial charge in [-0.2, -0.15) is 0 Å². The largest absolute Gasteiger partial charge is 0.507 e. The van der Waals surface area contributed by atoms with E-state index in [1.807, 2.05) is 0 Å². The van der Waals surface area contributed by atoms with E-state index in [1.54, 1.807) is 6.92 Å². The number of methoxy groups -OCH3 is 1. The molecule has 104 valence electrons. The fourth-order valence-electron chi connectivity index (χ4n) is 2.47. The Balaban J connectivity index is 2.79. The van der Waals surface area contributed by atoms with E-state index in [2.05, 4.69) is 0 Å². The third-order valence-corrected chi connectivity index (χ3v) is 3.49. The monoisotopic (exact) mass is 268 g/mol. The van der Waals surface area contributed by atoms with Crippen molar-refractivity contribution in [3.05, 3.63) is 22.8 Å². The first-order chi connectivity index (χ1) is 8.84. The minimum absolute atomic E-state index is 0.0898. The van der Waals surface area contributed by atoms with Crippen molar-refractivity contribution in [1.82, 2.24) is 0 Å². The van der Waals surface area contributed by atoms with Crippen molar-refractivity contribution in [2.24, 2.45) is 0 Å². The second-order valence-electron chi connectivity index (χ2n) is 4.70. The van der Waals surface area contributed by atoms with Crippen LogP contribution in [-0.4, -0.2) is 41.1 Å². The lowest BCUT2D eigenvalue weighted by Gasteiger charge is -2.38. The van der Waals surface area contributed by atoms with Gasteiger partial charge >= 0.3 is 5.97 Å². The number of esters is 1. The molecule has 19 heavy (non-hydrogen) atoms. The summed E-state index contributed by atoms with van der Waals surface area (Å²) in [5.74, 6) is -0.745. The van der Waals surface area contributed by atoms with Crippen LogP contribution >= 0.6 is 0 Å². The Labute approximate surface area is 110 Å². The molecule has 2 rings (SSSR count). The Morgan fingerprint density at radius 1 is 1.53 bits per heavy atom. The molecule has 6 heteroatoms. The third kappa shape index (κ3) is 1.84. The van der Waals surface area contributed by atoms with Gasteiger partial charge in [0.2, 0.25) is 0 Å². The summed E-state index contributed by atoms with van der Waals surface area (Å²) in [5, 5.41) is 29.7. The lowest BCUT2D eigenvalue weighted by Crippen LogP contribution is -2.47. The topological polar surface area (TPSA) is 96.2 Å². The smallest absolute Gasteiger partial charge is 0.342 e. The summed E-state index contributed by atoms with van der Waals surface area (Å²) >= 11 is 0. The van der Waals surface area contributed by atoms with Gasteiger partial charge in [-0.25, -0.2) is 4.79 Å². The maximum atomic E-state index is 11.9. The van der Waals surface area contributed by atoms with Gasteiger partial charge < -0.3 is 24.8 Å². The number of hydrogen-bond donors (Lipinski definition) is 3. The lowest BCUT2D eigenvalue weighted by molar-refractivity contribution is -0.107. The van der Waals surface area contributed by atoms with Crippen molar-refractivity contribution in [3.8, 4) is 11.5 Å². The van der Waals surface area contributed by atoms with Gasteiger partial charge in [-0.3, -0.25) is 0 Å². The molecule has 0 amide bonds. The zero-order valence-electron chi connectivity index (χ0n) is 10.9. The van der Waals surface area contributed by atoms with E-state index in [1.165, 1.54) is 20.1 Å². The molecule has 2 atom stereocenters. The highest BCUT2D eigenvalue weighted by atomic mass is 16.6. The van der Waals surface area contributed by atoms with E-state index in [0.29, 0.717) is 11.3 Å². The first kappa shape index (κ1) is 13.6. The average Bonchev–Trinajstić information content (AvgIpc) is 2.35. The van der Waals surface area contributed by atoms with E-state index in [9.17, 15) is 20.1 Å². The Morgan fingerprint density at radius 2 is 2.16 bits per heavy atom. The Bertz CT molecular complexity index is 534. The van der Waals surface area contributed by atoms with Gasteiger partial charge in [0.15, 0.2) is 6.10 Å². The van der Waals surface area contributed by atoms with Crippen LogP contribution in [0.5, 0.6) is 11.5 Å². The van der Waals surface area contributed by atoms with Crippen LogP contribution in [0.1, 0.15) is 28.4 Å². The summed E-state index contributed by atoms with van der Waals surface area (Å²) in [6.45, 7) is 2.57. The van der Waals surface area contributed by atoms with Crippen LogP contribution in [0.25, 0.3) is 0 Å². The first-order valence-electron chi connectivity index (χ1n) is 5.79. The SMILES string of the molecule is COc1cc(O)c2c(c1C)[C@@](C)(O)[C@@H](CO)OC2=O. The molecule has 0 unspecified atom stereocenters. The number of benzene rings is 1. The molecular formula is C13H16O6. The molecule has 0 spiro atoms. The molecule has 1 aromatic carbocycles. The van der Waals surface area contributed by atoms with Crippen molar-refractivity contribution < 1.29 is 29.6 Å². The molecule has 0 fully saturated rings. The fourth-order valence-corrected chi connectivity index (χ4v) is 2.47. The van der Waals surface area contributed by atoms with E-state index in [-0.39, 0.29) is 16.9 Å². The number of hydrogen-bond acceptors (Lipinski definition) is 6. The number of carbonyl (C=O) groups excluding carboxylic acids is 1. The van der Waals surface area contributed by atoms with Crippen LogP contribution in [0, 0.1) is 6.92 Å². The van der Waals surface area contributed by atoms with Gasteiger partial charge in [0.05, 0.1) is 13.7 Å². The quantitative estimate of drug-likeness (QED) is 0.674. The van der Waals surface area contributed by atoms with E-state index < -0.39 is 24.3 Å². The van der Waals surface area contributed by atoms with E-state index >= 15 is 0 Å². The van der Waals surface area contributed by atoms with Gasteiger partial charge in [0.1, 0.15) is 22.7 Å². The first-order valence-corrected chi connectivity index (χ1v) is 5.79. The lowest BCUT2D eigenvalue weighted by atomic mass is 9.81. The van der Waals surface area contributed by atoms with Crippen LogP contribution in [0.3, 0.4) is 0 Å². The zero-order chi connectivity index (χ0) is 14.4. The Hall–Kier alpha value is -1.79. The number of aliphatic hydroxyl groups excluding tert-OH is 1. The highest BCUT2D eigenvalue weighted by Crippen LogP contribution is 2.43. The van der Waals surface area contributed by atoms with Crippen molar-refractivity contribution in [2.75, 3.05) is 13.7 Å². The maximum Gasteiger partial charge on any atom is 0.342 e. The molecule has 0 aromatic heterocycles. The van der Waals surface area contributed by atoms with Gasteiger partial charge in [-0.1, -0.05) is 0 Å². The minimum atomic E-state index is -1.60. The minimum Gasteiger partial charge on any atom is -0.507 e. The number of aromatic hydroxyl groups is 1. The second-order valence-corrected chi connectivity index (χ2v) is 4.70. The number of phenols is 1. The molecule has 0 saturated heterocycles. The summed E-state index contributed by atoms with van der Waals surface area (Å²) in [4.78, 5) is 11.9. The third-order valence-electron chi connectivity index (χ3n) is 3.49. The van der Waals surface area contributed by atoms with Crippen LogP contribution in [0.15, 0.2) is 6.07 Å². The van der Waals surface area contributed by atoms with Gasteiger partial charge in [0, 0.05) is 11.6 Å². The summed E-state index contributed by atoms with van der Waals surface area (Å²) in [7, 11) is 1.42. The molecule has 1 aliphatic heterocycles. The molecule has 1 aromatic rings. The average molecular weight is 268 g/mol. The summed E-state index contributed by atoms with van der Waals surface area (Å²) in [5.41, 5.74) is -0.947. The van der Waals surface area contributed by atoms with E-state index in [4.69, 9.17) is 9.47 Å². The number of carbonyl (C=O) groups is 1. The van der Waals surface area contributed by atoms with Crippen molar-refractivity contribution >= 4 is 5.97 Å². The molecule has 0 saturated carbocycles. The number of cyclic esters (lactones) is 1. The van der Waals surface area contributed by atoms with Gasteiger partial charge in [-0.05, 0) is 19.4 Å². The number of fused-ring (bicyclic) bond motifs is 1. The van der Waals surface area contributed by atoms with Gasteiger partial charge in [-0.15, -0.1) is 0 Å². The van der Waals surface area contributed by atoms with Gasteiger partial charge in [0.25, 0.3) is 0 Å². The number of ether oxygens (including phenoxy) is 2. The van der Waals surface area contributed by atoms with Crippen LogP contribution in [-0.2, 0) is 10.3 Å². The summed E-state index contributed by atoms with van der Waals surface area (Å²) in [6.07, 6.45) is -1.09. The zero-order valence-corrected chi connectivity index (χ0v) is 10.9. The van der Waals surface area contributed by atoms with Crippen LogP contribution < -0.4 is 4.74 Å². The maximum absolute atomic E-state index is 11.9. The summed E-state index contributed by atoms with van der Waals surface area (Å²) in [6, 6.07) is 1.30. The summed E-state index contributed by atoms with van der Waals surface area (Å²) < 4.78 is 10.1. The number of aliphatic hydroxyl groups is 2. The molecule has 1 heterocycles. The molecule has 6 nitrogen and oxygen atoms in total. The highest BCUT2D eigenvalue weighted by molar-refractivity contribution is 5.96. The Morgan fingerprint density at radius 3 is 2.68 bits per heavy atom. The Kier molecular flexibility index (Phi) is 3.15. The van der Waals surface area contributed by atoms with Crippen molar-refractivity contribution in [3.63, 3.8) is 0 Å². The second kappa shape index (κ2) is 4.40. The van der Waals surface area contributed by atoms with Crippen LogP contribution in [0.2, 0.25) is 0 Å². The number of rotatable bonds is 2. The molecule has 1 aliphatic rings. The molecule has 0 aliphatic carbocycles. The molecule has 0 bridgehead atoms. The molecular weight excluding hydrogens is 252 g/mol. The number of phenolic OH excluding ortho intramolecular Hbond substituents is 1. The predicted molar refractivity (Wildman–Crippen MR) is 65.3 cm³/mol. The predicted octanol–water partition coefficient (Wildman–Crippen LogP) is 0.448. The fraction of sp³-hybridized carbons (Fsp3) is 0.462. The van der Waals surface area contributed by atoms with E-state index in [0.717, 1.165) is 0 Å². The normalized spacial score (nSPS) is 25.7. The van der Waals surface area contributed by atoms with Crippen molar-refractivity contribution in [2.45, 2.75) is 25.6 Å². The highest BCUT2D eigenvalue weighted by Gasteiger charge is 2.46.